The molecule has 2 heterocycles. The van der Waals surface area contributed by atoms with Crippen molar-refractivity contribution in [1.82, 2.24) is 20.0 Å². The van der Waals surface area contributed by atoms with Crippen molar-refractivity contribution in [1.29, 1.82) is 0 Å². The number of thiazole rings is 1. The number of ketones is 1. The van der Waals surface area contributed by atoms with E-state index in [1.807, 2.05) is 24.3 Å². The molecule has 20 heavy (non-hydrogen) atoms. The van der Waals surface area contributed by atoms with Gasteiger partial charge in [0.1, 0.15) is 10.7 Å². The summed E-state index contributed by atoms with van der Waals surface area (Å²) in [7, 11) is 0. The van der Waals surface area contributed by atoms with Gasteiger partial charge in [0.15, 0.2) is 5.78 Å². The SMILES string of the molecule is NCCn1cc(C(=O)Cc2nc3ccccc3s2)nn1. The zero-order chi connectivity index (χ0) is 13.9. The number of aromatic nitrogens is 4. The van der Waals surface area contributed by atoms with Crippen LogP contribution in [-0.4, -0.2) is 32.3 Å². The highest BCUT2D eigenvalue weighted by Crippen LogP contribution is 2.22. The Labute approximate surface area is 119 Å². The first-order chi connectivity index (χ1) is 9.76. The maximum absolute atomic E-state index is 12.1. The molecular formula is C13H13N5OS. The van der Waals surface area contributed by atoms with Crippen molar-refractivity contribution >= 4 is 27.3 Å². The van der Waals surface area contributed by atoms with Gasteiger partial charge in [-0.3, -0.25) is 9.48 Å². The quantitative estimate of drug-likeness (QED) is 0.714. The van der Waals surface area contributed by atoms with Crippen molar-refractivity contribution in [3.05, 3.63) is 41.2 Å². The highest BCUT2D eigenvalue weighted by atomic mass is 32.1. The molecule has 0 radical (unpaired) electrons. The predicted molar refractivity (Wildman–Crippen MR) is 76.7 cm³/mol. The highest BCUT2D eigenvalue weighted by Gasteiger charge is 2.14. The van der Waals surface area contributed by atoms with E-state index < -0.39 is 0 Å². The average molecular weight is 287 g/mol. The van der Waals surface area contributed by atoms with Gasteiger partial charge in [-0.1, -0.05) is 17.3 Å². The molecule has 1 aromatic carbocycles. The number of carbonyl (C=O) groups excluding carboxylic acids is 1. The number of benzene rings is 1. The Morgan fingerprint density at radius 3 is 3.00 bits per heavy atom. The molecule has 0 atom stereocenters. The maximum atomic E-state index is 12.1. The van der Waals surface area contributed by atoms with Gasteiger partial charge >= 0.3 is 0 Å². The van der Waals surface area contributed by atoms with Gasteiger partial charge in [0.2, 0.25) is 0 Å². The molecule has 0 aliphatic carbocycles. The second-order valence-corrected chi connectivity index (χ2v) is 5.45. The molecule has 0 aliphatic rings. The summed E-state index contributed by atoms with van der Waals surface area (Å²) in [5.41, 5.74) is 6.71. The highest BCUT2D eigenvalue weighted by molar-refractivity contribution is 7.18. The van der Waals surface area contributed by atoms with Crippen molar-refractivity contribution in [2.24, 2.45) is 5.73 Å². The van der Waals surface area contributed by atoms with Gasteiger partial charge in [0, 0.05) is 6.54 Å². The summed E-state index contributed by atoms with van der Waals surface area (Å²) in [5, 5.41) is 8.53. The Balaban J connectivity index is 1.77. The lowest BCUT2D eigenvalue weighted by molar-refractivity contribution is 0.0988. The van der Waals surface area contributed by atoms with E-state index in [0.29, 0.717) is 18.8 Å². The molecule has 7 heteroatoms. The topological polar surface area (TPSA) is 86.7 Å². The minimum Gasteiger partial charge on any atom is -0.329 e. The van der Waals surface area contributed by atoms with E-state index in [2.05, 4.69) is 15.3 Å². The van der Waals surface area contributed by atoms with Crippen LogP contribution in [0.4, 0.5) is 0 Å². The molecule has 3 aromatic rings. The lowest BCUT2D eigenvalue weighted by Crippen LogP contribution is -2.10. The molecule has 0 fully saturated rings. The number of rotatable bonds is 5. The number of nitrogens with two attached hydrogens (primary N) is 1. The number of hydrogen-bond donors (Lipinski definition) is 1. The first-order valence-electron chi connectivity index (χ1n) is 6.24. The summed E-state index contributed by atoms with van der Waals surface area (Å²) in [6, 6.07) is 7.84. The fourth-order valence-corrected chi connectivity index (χ4v) is 2.86. The van der Waals surface area contributed by atoms with Gasteiger partial charge in [0.25, 0.3) is 0 Å². The number of Topliss-reactive ketones (excluding diaryl/α,β-unsaturated/α-hetero) is 1. The van der Waals surface area contributed by atoms with Gasteiger partial charge < -0.3 is 5.73 Å². The van der Waals surface area contributed by atoms with Crippen LogP contribution in [-0.2, 0) is 13.0 Å². The third kappa shape index (κ3) is 2.59. The molecule has 0 spiro atoms. The Hall–Kier alpha value is -2.12. The zero-order valence-electron chi connectivity index (χ0n) is 10.7. The van der Waals surface area contributed by atoms with Crippen LogP contribution in [0.3, 0.4) is 0 Å². The van der Waals surface area contributed by atoms with Crippen LogP contribution >= 0.6 is 11.3 Å². The molecule has 3 rings (SSSR count). The Morgan fingerprint density at radius 2 is 2.20 bits per heavy atom. The van der Waals surface area contributed by atoms with Crippen molar-refractivity contribution in [3.63, 3.8) is 0 Å². The van der Waals surface area contributed by atoms with Crippen LogP contribution in [0.25, 0.3) is 10.2 Å². The van der Waals surface area contributed by atoms with Gasteiger partial charge in [-0.25, -0.2) is 4.98 Å². The number of carbonyl (C=O) groups is 1. The van der Waals surface area contributed by atoms with Crippen LogP contribution < -0.4 is 5.73 Å². The number of para-hydroxylation sites is 1. The normalized spacial score (nSPS) is 11.1. The molecule has 2 N–H and O–H groups in total. The molecule has 0 aliphatic heterocycles. The Morgan fingerprint density at radius 1 is 1.35 bits per heavy atom. The monoisotopic (exact) mass is 287 g/mol. The average Bonchev–Trinajstić information content (AvgIpc) is 3.04. The minimum absolute atomic E-state index is 0.0765. The summed E-state index contributed by atoms with van der Waals surface area (Å²) in [6.07, 6.45) is 1.88. The first kappa shape index (κ1) is 12.9. The van der Waals surface area contributed by atoms with E-state index in [1.54, 1.807) is 10.9 Å². The van der Waals surface area contributed by atoms with E-state index in [4.69, 9.17) is 5.73 Å². The van der Waals surface area contributed by atoms with Crippen LogP contribution in [0.15, 0.2) is 30.5 Å². The van der Waals surface area contributed by atoms with Gasteiger partial charge in [0.05, 0.1) is 29.4 Å². The Kier molecular flexibility index (Phi) is 3.53. The van der Waals surface area contributed by atoms with E-state index in [1.165, 1.54) is 11.3 Å². The zero-order valence-corrected chi connectivity index (χ0v) is 11.5. The maximum Gasteiger partial charge on any atom is 0.191 e. The van der Waals surface area contributed by atoms with Crippen molar-refractivity contribution in [3.8, 4) is 0 Å². The summed E-state index contributed by atoms with van der Waals surface area (Å²) >= 11 is 1.53. The summed E-state index contributed by atoms with van der Waals surface area (Å²) in [5.74, 6) is -0.0765. The van der Waals surface area contributed by atoms with Crippen molar-refractivity contribution in [2.75, 3.05) is 6.54 Å². The summed E-state index contributed by atoms with van der Waals surface area (Å²) in [6.45, 7) is 1.02. The number of fused-ring (bicyclic) bond motifs is 1. The van der Waals surface area contributed by atoms with Crippen molar-refractivity contribution < 1.29 is 4.79 Å². The smallest absolute Gasteiger partial charge is 0.191 e. The lowest BCUT2D eigenvalue weighted by atomic mass is 10.2. The molecule has 0 bridgehead atoms. The lowest BCUT2D eigenvalue weighted by Gasteiger charge is -1.93. The van der Waals surface area contributed by atoms with E-state index in [9.17, 15) is 4.79 Å². The van der Waals surface area contributed by atoms with E-state index in [-0.39, 0.29) is 12.2 Å². The second kappa shape index (κ2) is 5.48. The largest absolute Gasteiger partial charge is 0.329 e. The van der Waals surface area contributed by atoms with Crippen LogP contribution in [0.1, 0.15) is 15.5 Å². The van der Waals surface area contributed by atoms with Gasteiger partial charge in [-0.05, 0) is 12.1 Å². The number of nitrogens with zero attached hydrogens (tertiary/aromatic N) is 4. The third-order valence-corrected chi connectivity index (χ3v) is 3.87. The van der Waals surface area contributed by atoms with Gasteiger partial charge in [-0.15, -0.1) is 16.4 Å². The van der Waals surface area contributed by atoms with Crippen LogP contribution in [0.2, 0.25) is 0 Å². The number of hydrogen-bond acceptors (Lipinski definition) is 6. The van der Waals surface area contributed by atoms with Gasteiger partial charge in [-0.2, -0.15) is 0 Å². The molecule has 6 nitrogen and oxygen atoms in total. The van der Waals surface area contributed by atoms with Crippen LogP contribution in [0, 0.1) is 0 Å². The first-order valence-corrected chi connectivity index (χ1v) is 7.06. The predicted octanol–water partition coefficient (Wildman–Crippen LogP) is 1.27. The molecule has 0 amide bonds. The fraction of sp³-hybridized carbons (Fsp3) is 0.231. The van der Waals surface area contributed by atoms with E-state index in [0.717, 1.165) is 15.2 Å². The summed E-state index contributed by atoms with van der Waals surface area (Å²) in [4.78, 5) is 16.6. The molecule has 0 unspecified atom stereocenters. The molecule has 2 aromatic heterocycles. The van der Waals surface area contributed by atoms with Crippen molar-refractivity contribution in [2.45, 2.75) is 13.0 Å². The Bertz CT molecular complexity index is 715. The summed E-state index contributed by atoms with van der Waals surface area (Å²) < 4.78 is 2.66. The molecule has 0 saturated heterocycles. The van der Waals surface area contributed by atoms with Crippen LogP contribution in [0.5, 0.6) is 0 Å². The molecule has 0 saturated carbocycles. The molecule has 102 valence electrons. The third-order valence-electron chi connectivity index (χ3n) is 2.83. The fourth-order valence-electron chi connectivity index (χ4n) is 1.89. The minimum atomic E-state index is -0.0765. The standard InChI is InChI=1S/C13H13N5OS/c14-5-6-18-8-10(16-17-18)11(19)7-13-15-9-3-1-2-4-12(9)20-13/h1-4,8H,5-7,14H2. The van der Waals surface area contributed by atoms with E-state index >= 15 is 0 Å². The molecular weight excluding hydrogens is 274 g/mol. The second-order valence-electron chi connectivity index (χ2n) is 4.33.